The van der Waals surface area contributed by atoms with Gasteiger partial charge in [0.05, 0.1) is 12.8 Å². The fourth-order valence-electron chi connectivity index (χ4n) is 1.30. The van der Waals surface area contributed by atoms with Crippen LogP contribution >= 0.6 is 0 Å². The van der Waals surface area contributed by atoms with Crippen LogP contribution in [0.15, 0.2) is 34.6 Å². The van der Waals surface area contributed by atoms with Crippen molar-refractivity contribution in [2.45, 2.75) is 6.42 Å². The number of ether oxygens (including phenoxy) is 1. The summed E-state index contributed by atoms with van der Waals surface area (Å²) >= 11 is 0. The second-order valence-electron chi connectivity index (χ2n) is 3.12. The van der Waals surface area contributed by atoms with Gasteiger partial charge in [0.2, 0.25) is 0 Å². The minimum absolute atomic E-state index is 0.536. The van der Waals surface area contributed by atoms with Crippen molar-refractivity contribution < 1.29 is 14.4 Å². The first-order chi connectivity index (χ1) is 8.31. The van der Waals surface area contributed by atoms with Crippen molar-refractivity contribution in [1.82, 2.24) is 0 Å². The van der Waals surface area contributed by atoms with Crippen molar-refractivity contribution in [1.29, 1.82) is 0 Å². The summed E-state index contributed by atoms with van der Waals surface area (Å²) < 4.78 is 5.09. The average molecular weight is 236 g/mol. The molecule has 0 atom stereocenters. The van der Waals surface area contributed by atoms with E-state index in [0.717, 1.165) is 17.0 Å². The lowest BCUT2D eigenvalue weighted by Gasteiger charge is -2.04. The maximum atomic E-state index is 5.09. The highest BCUT2D eigenvalue weighted by Crippen LogP contribution is 2.13. The molecule has 1 aromatic rings. The Labute approximate surface area is 101 Å². The molecule has 0 aromatic heterocycles. The van der Waals surface area contributed by atoms with Crippen LogP contribution in [0.5, 0.6) is 5.75 Å². The van der Waals surface area contributed by atoms with Crippen LogP contribution in [0.25, 0.3) is 0 Å². The van der Waals surface area contributed by atoms with Gasteiger partial charge >= 0.3 is 0 Å². The monoisotopic (exact) mass is 236 g/mol. The standard InChI is InChI=1S/C12H16N2O3/c1-15-11-6-4-10(5-7-11)12(14-17-3)8-9-13-16-2/h4-7,9H,8H2,1-3H3/b13-9+,14-12-. The van der Waals surface area contributed by atoms with E-state index in [2.05, 4.69) is 15.1 Å². The van der Waals surface area contributed by atoms with Gasteiger partial charge in [-0.2, -0.15) is 0 Å². The summed E-state index contributed by atoms with van der Waals surface area (Å²) in [6.07, 6.45) is 2.16. The number of nitrogens with zero attached hydrogens (tertiary/aromatic N) is 2. The Balaban J connectivity index is 2.82. The lowest BCUT2D eigenvalue weighted by Crippen LogP contribution is -2.02. The first-order valence-corrected chi connectivity index (χ1v) is 5.11. The molecule has 0 unspecified atom stereocenters. The molecule has 0 spiro atoms. The van der Waals surface area contributed by atoms with Crippen LogP contribution in [0.3, 0.4) is 0 Å². The molecular formula is C12H16N2O3. The van der Waals surface area contributed by atoms with E-state index in [9.17, 15) is 0 Å². The minimum Gasteiger partial charge on any atom is -0.497 e. The molecule has 0 aliphatic heterocycles. The highest BCUT2D eigenvalue weighted by atomic mass is 16.6. The van der Waals surface area contributed by atoms with Crippen molar-refractivity contribution in [2.75, 3.05) is 21.3 Å². The molecule has 0 heterocycles. The number of methoxy groups -OCH3 is 1. The highest BCUT2D eigenvalue weighted by molar-refractivity contribution is 6.07. The topological polar surface area (TPSA) is 52.4 Å². The lowest BCUT2D eigenvalue weighted by atomic mass is 10.1. The third-order valence-electron chi connectivity index (χ3n) is 2.09. The maximum absolute atomic E-state index is 5.09. The van der Waals surface area contributed by atoms with Gasteiger partial charge in [0.1, 0.15) is 20.0 Å². The fourth-order valence-corrected chi connectivity index (χ4v) is 1.30. The van der Waals surface area contributed by atoms with Gasteiger partial charge in [0.25, 0.3) is 0 Å². The Hall–Kier alpha value is -2.04. The molecule has 0 amide bonds. The third kappa shape index (κ3) is 4.14. The Kier molecular flexibility index (Phi) is 5.57. The second-order valence-corrected chi connectivity index (χ2v) is 3.12. The molecule has 0 bridgehead atoms. The summed E-state index contributed by atoms with van der Waals surface area (Å²) in [5.74, 6) is 0.802. The van der Waals surface area contributed by atoms with Crippen LogP contribution in [0, 0.1) is 0 Å². The molecule has 0 aliphatic carbocycles. The lowest BCUT2D eigenvalue weighted by molar-refractivity contribution is 0.212. The van der Waals surface area contributed by atoms with E-state index in [1.54, 1.807) is 13.3 Å². The number of benzene rings is 1. The van der Waals surface area contributed by atoms with Crippen LogP contribution in [0.1, 0.15) is 12.0 Å². The molecular weight excluding hydrogens is 220 g/mol. The van der Waals surface area contributed by atoms with Gasteiger partial charge in [-0.3, -0.25) is 0 Å². The van der Waals surface area contributed by atoms with E-state index in [0.29, 0.717) is 6.42 Å². The van der Waals surface area contributed by atoms with Crippen LogP contribution in [0.4, 0.5) is 0 Å². The SMILES string of the molecule is CO/N=C(/C/C=N/OC)c1ccc(OC)cc1. The molecule has 0 aliphatic rings. The summed E-state index contributed by atoms with van der Waals surface area (Å²) in [7, 11) is 4.64. The summed E-state index contributed by atoms with van der Waals surface area (Å²) in [5.41, 5.74) is 1.73. The van der Waals surface area contributed by atoms with E-state index in [1.807, 2.05) is 24.3 Å². The van der Waals surface area contributed by atoms with E-state index in [-0.39, 0.29) is 0 Å². The molecule has 0 radical (unpaired) electrons. The largest absolute Gasteiger partial charge is 0.497 e. The molecule has 0 saturated heterocycles. The van der Waals surface area contributed by atoms with E-state index in [1.165, 1.54) is 14.2 Å². The normalized spacial score (nSPS) is 11.6. The van der Waals surface area contributed by atoms with E-state index < -0.39 is 0 Å². The molecule has 1 aromatic carbocycles. The number of hydrogen-bond acceptors (Lipinski definition) is 5. The first-order valence-electron chi connectivity index (χ1n) is 5.11. The van der Waals surface area contributed by atoms with Gasteiger partial charge in [-0.1, -0.05) is 10.3 Å². The van der Waals surface area contributed by atoms with Crippen molar-refractivity contribution in [2.24, 2.45) is 10.3 Å². The average Bonchev–Trinajstić information content (AvgIpc) is 2.38. The Morgan fingerprint density at radius 1 is 1.12 bits per heavy atom. The zero-order valence-electron chi connectivity index (χ0n) is 10.2. The molecule has 92 valence electrons. The van der Waals surface area contributed by atoms with E-state index in [4.69, 9.17) is 9.57 Å². The molecule has 0 N–H and O–H groups in total. The maximum Gasteiger partial charge on any atom is 0.118 e. The quantitative estimate of drug-likeness (QED) is 0.561. The van der Waals surface area contributed by atoms with Crippen LogP contribution in [-0.4, -0.2) is 33.3 Å². The van der Waals surface area contributed by atoms with Gasteiger partial charge in [0, 0.05) is 12.6 Å². The van der Waals surface area contributed by atoms with Gasteiger partial charge < -0.3 is 14.4 Å². The fraction of sp³-hybridized carbons (Fsp3) is 0.333. The zero-order chi connectivity index (χ0) is 12.5. The van der Waals surface area contributed by atoms with Crippen molar-refractivity contribution >= 4 is 11.9 Å². The Morgan fingerprint density at radius 2 is 1.82 bits per heavy atom. The Bertz CT molecular complexity index is 385. The highest BCUT2D eigenvalue weighted by Gasteiger charge is 2.03. The summed E-state index contributed by atoms with van der Waals surface area (Å²) in [5, 5.41) is 7.62. The second kappa shape index (κ2) is 7.27. The predicted octanol–water partition coefficient (Wildman–Crippen LogP) is 2.07. The first kappa shape index (κ1) is 13.0. The van der Waals surface area contributed by atoms with Gasteiger partial charge in [0.15, 0.2) is 0 Å². The molecule has 5 heteroatoms. The molecule has 17 heavy (non-hydrogen) atoms. The molecule has 5 nitrogen and oxygen atoms in total. The smallest absolute Gasteiger partial charge is 0.118 e. The Morgan fingerprint density at radius 3 is 2.35 bits per heavy atom. The number of hydrogen-bond donors (Lipinski definition) is 0. The minimum atomic E-state index is 0.536. The molecule has 1 rings (SSSR count). The van der Waals surface area contributed by atoms with Gasteiger partial charge in [-0.15, -0.1) is 0 Å². The van der Waals surface area contributed by atoms with E-state index >= 15 is 0 Å². The molecule has 0 fully saturated rings. The summed E-state index contributed by atoms with van der Waals surface area (Å²) in [6.45, 7) is 0. The van der Waals surface area contributed by atoms with Gasteiger partial charge in [-0.25, -0.2) is 0 Å². The van der Waals surface area contributed by atoms with Crippen molar-refractivity contribution in [3.05, 3.63) is 29.8 Å². The third-order valence-corrected chi connectivity index (χ3v) is 2.09. The van der Waals surface area contributed by atoms with Crippen LogP contribution < -0.4 is 4.74 Å². The van der Waals surface area contributed by atoms with Crippen molar-refractivity contribution in [3.63, 3.8) is 0 Å². The predicted molar refractivity (Wildman–Crippen MR) is 66.7 cm³/mol. The zero-order valence-corrected chi connectivity index (χ0v) is 10.2. The number of oxime groups is 2. The van der Waals surface area contributed by atoms with Crippen LogP contribution in [0.2, 0.25) is 0 Å². The van der Waals surface area contributed by atoms with Gasteiger partial charge in [-0.05, 0) is 29.8 Å². The van der Waals surface area contributed by atoms with Crippen LogP contribution in [-0.2, 0) is 9.68 Å². The number of rotatable bonds is 6. The van der Waals surface area contributed by atoms with Crippen molar-refractivity contribution in [3.8, 4) is 5.75 Å². The summed E-state index contributed by atoms with van der Waals surface area (Å²) in [6, 6.07) is 7.57. The molecule has 0 saturated carbocycles. The summed E-state index contributed by atoms with van der Waals surface area (Å²) in [4.78, 5) is 9.40.